The van der Waals surface area contributed by atoms with Gasteiger partial charge in [0.2, 0.25) is 0 Å². The van der Waals surface area contributed by atoms with Crippen LogP contribution in [0.2, 0.25) is 0 Å². The van der Waals surface area contributed by atoms with E-state index in [9.17, 15) is 8.78 Å². The summed E-state index contributed by atoms with van der Waals surface area (Å²) >= 11 is 0. The molecule has 0 saturated heterocycles. The average molecular weight is 312 g/mol. The molecule has 0 radical (unpaired) electrons. The largest absolute Gasteiger partial charge is 0.213 e. The molecule has 0 aliphatic heterocycles. The van der Waals surface area contributed by atoms with Crippen LogP contribution in [0.25, 0.3) is 0 Å². The second-order valence-electron chi connectivity index (χ2n) is 7.80. The van der Waals surface area contributed by atoms with Crippen molar-refractivity contribution in [2.45, 2.75) is 90.4 Å². The van der Waals surface area contributed by atoms with Crippen molar-refractivity contribution < 1.29 is 8.78 Å². The SMILES string of the molecule is CCCCC1CCC(C2CCC(CC/C(F)=C\F)CC2)CC1. The number of rotatable bonds is 7. The predicted octanol–water partition coefficient (Wildman–Crippen LogP) is 7.35. The molecule has 2 heteroatoms. The van der Waals surface area contributed by atoms with Crippen molar-refractivity contribution in [1.29, 1.82) is 0 Å². The van der Waals surface area contributed by atoms with Gasteiger partial charge in [0.25, 0.3) is 0 Å². The van der Waals surface area contributed by atoms with Crippen LogP contribution in [0.15, 0.2) is 12.2 Å². The molecular weight excluding hydrogens is 278 g/mol. The molecule has 2 aliphatic carbocycles. The van der Waals surface area contributed by atoms with Crippen molar-refractivity contribution in [3.63, 3.8) is 0 Å². The Morgan fingerprint density at radius 3 is 1.82 bits per heavy atom. The zero-order chi connectivity index (χ0) is 15.8. The second kappa shape index (κ2) is 9.67. The molecule has 0 atom stereocenters. The van der Waals surface area contributed by atoms with E-state index in [1.165, 1.54) is 70.6 Å². The minimum atomic E-state index is -0.576. The zero-order valence-electron chi connectivity index (χ0n) is 14.3. The number of allylic oxidation sites excluding steroid dienone is 1. The van der Waals surface area contributed by atoms with E-state index < -0.39 is 5.83 Å². The molecule has 0 N–H and O–H groups in total. The fraction of sp³-hybridized carbons (Fsp3) is 0.900. The number of halogens is 2. The second-order valence-corrected chi connectivity index (χ2v) is 7.80. The van der Waals surface area contributed by atoms with E-state index in [-0.39, 0.29) is 6.33 Å². The Labute approximate surface area is 135 Å². The zero-order valence-corrected chi connectivity index (χ0v) is 14.3. The molecule has 128 valence electrons. The molecule has 0 nitrogen and oxygen atoms in total. The van der Waals surface area contributed by atoms with Crippen molar-refractivity contribution in [3.05, 3.63) is 12.2 Å². The number of unbranched alkanes of at least 4 members (excludes halogenated alkanes) is 1. The quantitative estimate of drug-likeness (QED) is 0.461. The molecule has 0 aromatic rings. The Morgan fingerprint density at radius 2 is 1.36 bits per heavy atom. The van der Waals surface area contributed by atoms with Crippen molar-refractivity contribution >= 4 is 0 Å². The van der Waals surface area contributed by atoms with Crippen molar-refractivity contribution in [2.75, 3.05) is 0 Å². The maximum atomic E-state index is 12.9. The molecule has 2 saturated carbocycles. The first-order valence-corrected chi connectivity index (χ1v) is 9.67. The highest BCUT2D eigenvalue weighted by Gasteiger charge is 2.30. The summed E-state index contributed by atoms with van der Waals surface area (Å²) in [6, 6.07) is 0. The van der Waals surface area contributed by atoms with Crippen LogP contribution in [0.3, 0.4) is 0 Å². The molecule has 0 aromatic carbocycles. The molecule has 0 spiro atoms. The standard InChI is InChI=1S/C20H34F2/c1-2-3-4-16-5-10-18(11-6-16)19-12-7-17(8-13-19)9-14-20(22)15-21/h15-19H,2-14H2,1H3/b20-15+. The first kappa shape index (κ1) is 17.9. The Morgan fingerprint density at radius 1 is 0.864 bits per heavy atom. The lowest BCUT2D eigenvalue weighted by Crippen LogP contribution is -2.25. The van der Waals surface area contributed by atoms with E-state index in [2.05, 4.69) is 6.92 Å². The van der Waals surface area contributed by atoms with Gasteiger partial charge >= 0.3 is 0 Å². The summed E-state index contributed by atoms with van der Waals surface area (Å²) in [5.41, 5.74) is 0. The summed E-state index contributed by atoms with van der Waals surface area (Å²) in [5, 5.41) is 0. The Balaban J connectivity index is 1.63. The highest BCUT2D eigenvalue weighted by Crippen LogP contribution is 2.43. The smallest absolute Gasteiger partial charge is 0.128 e. The third-order valence-corrected chi connectivity index (χ3v) is 6.33. The molecular formula is C20H34F2. The van der Waals surface area contributed by atoms with Crippen LogP contribution >= 0.6 is 0 Å². The molecule has 2 aliphatic rings. The fourth-order valence-corrected chi connectivity index (χ4v) is 4.79. The molecule has 22 heavy (non-hydrogen) atoms. The van der Waals surface area contributed by atoms with Crippen molar-refractivity contribution in [3.8, 4) is 0 Å². The Kier molecular flexibility index (Phi) is 7.89. The van der Waals surface area contributed by atoms with Crippen LogP contribution in [0.4, 0.5) is 8.78 Å². The summed E-state index contributed by atoms with van der Waals surface area (Å²) < 4.78 is 24.9. The Bertz CT molecular complexity index is 321. The predicted molar refractivity (Wildman–Crippen MR) is 90.0 cm³/mol. The van der Waals surface area contributed by atoms with Gasteiger partial charge in [0.05, 0.1) is 0 Å². The Hall–Kier alpha value is -0.400. The van der Waals surface area contributed by atoms with Gasteiger partial charge in [0.15, 0.2) is 0 Å². The molecule has 0 unspecified atom stereocenters. The lowest BCUT2D eigenvalue weighted by Gasteiger charge is -2.38. The van der Waals surface area contributed by atoms with Gasteiger partial charge in [0.1, 0.15) is 12.2 Å². The van der Waals surface area contributed by atoms with Gasteiger partial charge in [-0.3, -0.25) is 0 Å². The fourth-order valence-electron chi connectivity index (χ4n) is 4.79. The van der Waals surface area contributed by atoms with Gasteiger partial charge in [-0.25, -0.2) is 8.78 Å². The molecule has 0 aromatic heterocycles. The highest BCUT2D eigenvalue weighted by atomic mass is 19.2. The molecule has 2 fully saturated rings. The monoisotopic (exact) mass is 312 g/mol. The molecule has 0 amide bonds. The van der Waals surface area contributed by atoms with E-state index in [1.807, 2.05) is 0 Å². The van der Waals surface area contributed by atoms with Crippen LogP contribution in [0, 0.1) is 23.7 Å². The minimum absolute atomic E-state index is 0.128. The van der Waals surface area contributed by atoms with Gasteiger partial charge in [0, 0.05) is 6.42 Å². The number of hydrogen-bond donors (Lipinski definition) is 0. The molecule has 0 bridgehead atoms. The normalized spacial score (nSPS) is 33.9. The number of hydrogen-bond acceptors (Lipinski definition) is 0. The van der Waals surface area contributed by atoms with Gasteiger partial charge in [-0.1, -0.05) is 51.9 Å². The lowest BCUT2D eigenvalue weighted by molar-refractivity contribution is 0.140. The summed E-state index contributed by atoms with van der Waals surface area (Å²) in [4.78, 5) is 0. The van der Waals surface area contributed by atoms with E-state index >= 15 is 0 Å². The maximum Gasteiger partial charge on any atom is 0.128 e. The summed E-state index contributed by atoms with van der Waals surface area (Å²) in [6.07, 6.45) is 16.4. The van der Waals surface area contributed by atoms with E-state index in [0.29, 0.717) is 12.3 Å². The third-order valence-electron chi connectivity index (χ3n) is 6.33. The molecule has 2 rings (SSSR count). The van der Waals surface area contributed by atoms with Gasteiger partial charge in [-0.15, -0.1) is 0 Å². The van der Waals surface area contributed by atoms with Crippen molar-refractivity contribution in [1.82, 2.24) is 0 Å². The first-order chi connectivity index (χ1) is 10.7. The van der Waals surface area contributed by atoms with Crippen LogP contribution in [0.5, 0.6) is 0 Å². The minimum Gasteiger partial charge on any atom is -0.213 e. The van der Waals surface area contributed by atoms with Crippen LogP contribution in [-0.2, 0) is 0 Å². The van der Waals surface area contributed by atoms with Crippen LogP contribution in [0.1, 0.15) is 90.4 Å². The maximum absolute atomic E-state index is 12.9. The van der Waals surface area contributed by atoms with Gasteiger partial charge in [-0.05, 0) is 55.8 Å². The van der Waals surface area contributed by atoms with E-state index in [1.54, 1.807) is 0 Å². The van der Waals surface area contributed by atoms with Crippen LogP contribution < -0.4 is 0 Å². The average Bonchev–Trinajstić information content (AvgIpc) is 2.58. The van der Waals surface area contributed by atoms with E-state index in [0.717, 1.165) is 24.2 Å². The van der Waals surface area contributed by atoms with E-state index in [4.69, 9.17) is 0 Å². The summed E-state index contributed by atoms with van der Waals surface area (Å²) in [5.74, 6) is 2.93. The lowest BCUT2D eigenvalue weighted by atomic mass is 9.68. The first-order valence-electron chi connectivity index (χ1n) is 9.67. The van der Waals surface area contributed by atoms with Gasteiger partial charge < -0.3 is 0 Å². The summed E-state index contributed by atoms with van der Waals surface area (Å²) in [6.45, 7) is 2.29. The van der Waals surface area contributed by atoms with Gasteiger partial charge in [-0.2, -0.15) is 0 Å². The van der Waals surface area contributed by atoms with Crippen molar-refractivity contribution in [2.24, 2.45) is 23.7 Å². The summed E-state index contributed by atoms with van der Waals surface area (Å²) in [7, 11) is 0. The van der Waals surface area contributed by atoms with Crippen LogP contribution in [-0.4, -0.2) is 0 Å². The molecule has 0 heterocycles. The highest BCUT2D eigenvalue weighted by molar-refractivity contribution is 4.87. The topological polar surface area (TPSA) is 0 Å². The third kappa shape index (κ3) is 5.66.